The number of hydrogen-bond acceptors (Lipinski definition) is 3. The van der Waals surface area contributed by atoms with E-state index in [0.29, 0.717) is 5.75 Å². The summed E-state index contributed by atoms with van der Waals surface area (Å²) < 4.78 is 0. The van der Waals surface area contributed by atoms with Gasteiger partial charge in [0.2, 0.25) is 0 Å². The number of H-pyrrole nitrogens is 1. The van der Waals surface area contributed by atoms with Gasteiger partial charge in [0, 0.05) is 16.7 Å². The average Bonchev–Trinajstić information content (AvgIpc) is 3.54. The predicted molar refractivity (Wildman–Crippen MR) is 157 cm³/mol. The summed E-state index contributed by atoms with van der Waals surface area (Å²) in [6.45, 7) is 0. The number of fused-ring (bicyclic) bond motifs is 1. The van der Waals surface area contributed by atoms with Crippen molar-refractivity contribution in [2.75, 3.05) is 0 Å². The first-order chi connectivity index (χ1) is 19.2. The van der Waals surface area contributed by atoms with Crippen molar-refractivity contribution in [2.45, 2.75) is 51.4 Å². The number of para-hydroxylation sites is 2. The number of phenolic OH excluding ortho intramolecular Hbond substituents is 2. The Balaban J connectivity index is 1.53. The molecule has 0 radical (unpaired) electrons. The summed E-state index contributed by atoms with van der Waals surface area (Å²) in [6.07, 6.45) is 8.52. The molecule has 0 bridgehead atoms. The van der Waals surface area contributed by atoms with E-state index in [-0.39, 0.29) is 5.75 Å². The van der Waals surface area contributed by atoms with Gasteiger partial charge in [0.15, 0.2) is 0 Å². The molecule has 0 fully saturated rings. The molecule has 4 heteroatoms. The lowest BCUT2D eigenvalue weighted by molar-refractivity contribution is 0.474. The molecule has 4 aromatic rings. The summed E-state index contributed by atoms with van der Waals surface area (Å²) >= 11 is 0. The topological polar surface area (TPSA) is 68.6 Å². The number of benzene rings is 3. The Hall–Kier alpha value is -4.31. The van der Waals surface area contributed by atoms with Crippen molar-refractivity contribution < 1.29 is 10.2 Å². The summed E-state index contributed by atoms with van der Waals surface area (Å²) in [5.74, 6) is 0.570. The highest BCUT2D eigenvalue weighted by molar-refractivity contribution is 6.18. The van der Waals surface area contributed by atoms with Crippen LogP contribution in [0.25, 0.3) is 16.8 Å². The lowest BCUT2D eigenvalue weighted by Crippen LogP contribution is -2.07. The second-order valence-corrected chi connectivity index (χ2v) is 10.8. The number of phenols is 2. The van der Waals surface area contributed by atoms with Crippen molar-refractivity contribution in [3.8, 4) is 22.8 Å². The molecule has 0 amide bonds. The lowest BCUT2D eigenvalue weighted by atomic mass is 9.84. The number of nitrogens with one attached hydrogen (secondary N) is 1. The minimum absolute atomic E-state index is 0.273. The first-order valence-corrected chi connectivity index (χ1v) is 14.1. The van der Waals surface area contributed by atoms with Crippen molar-refractivity contribution in [3.63, 3.8) is 0 Å². The highest BCUT2D eigenvalue weighted by Crippen LogP contribution is 2.47. The Kier molecular flexibility index (Phi) is 5.96. The Morgan fingerprint density at radius 1 is 0.615 bits per heavy atom. The molecule has 0 spiro atoms. The van der Waals surface area contributed by atoms with Crippen LogP contribution in [0.1, 0.15) is 66.5 Å². The Morgan fingerprint density at radius 3 is 1.92 bits per heavy atom. The number of hydrogen-bond donors (Lipinski definition) is 3. The maximum atomic E-state index is 10.8. The zero-order valence-corrected chi connectivity index (χ0v) is 22.0. The van der Waals surface area contributed by atoms with Crippen LogP contribution in [0.3, 0.4) is 0 Å². The van der Waals surface area contributed by atoms with E-state index in [2.05, 4.69) is 35.3 Å². The van der Waals surface area contributed by atoms with Crippen molar-refractivity contribution in [2.24, 2.45) is 4.99 Å². The van der Waals surface area contributed by atoms with Crippen LogP contribution >= 0.6 is 0 Å². The molecular formula is C35H32N2O2. The smallest absolute Gasteiger partial charge is 0.124 e. The Labute approximate surface area is 229 Å². The third kappa shape index (κ3) is 4.02. The van der Waals surface area contributed by atoms with Gasteiger partial charge in [-0.15, -0.1) is 0 Å². The number of nitrogens with zero attached hydrogens (tertiary/aromatic N) is 1. The largest absolute Gasteiger partial charge is 0.507 e. The zero-order chi connectivity index (χ0) is 26.3. The number of aliphatic imine (C=N–C) groups is 1. The number of rotatable bonds is 4. The minimum atomic E-state index is 0.273. The molecule has 1 aromatic heterocycles. The molecule has 39 heavy (non-hydrogen) atoms. The van der Waals surface area contributed by atoms with E-state index in [0.717, 1.165) is 96.4 Å². The number of aromatic amines is 1. The standard InChI is InChI=1S/C35H32N2O2/c38-29-20-10-8-18-27(29)32-23-14-4-6-16-25(23)34(36-32)31(22-12-2-1-3-13-22)35-26-17-7-5-15-24(26)33(37-35)28-19-9-11-21-30(28)39/h1-3,8-13,18-21,36,38-39H,4-7,14-17H2/b35-31-. The van der Waals surface area contributed by atoms with Crippen molar-refractivity contribution >= 4 is 11.3 Å². The monoisotopic (exact) mass is 512 g/mol. The summed E-state index contributed by atoms with van der Waals surface area (Å²) in [6, 6.07) is 25.8. The van der Waals surface area contributed by atoms with Crippen molar-refractivity contribution in [3.05, 3.63) is 124 Å². The molecule has 2 aliphatic carbocycles. The van der Waals surface area contributed by atoms with Crippen LogP contribution in [0, 0.1) is 0 Å². The number of aromatic hydroxyl groups is 2. The van der Waals surface area contributed by atoms with Crippen LogP contribution in [0.15, 0.2) is 101 Å². The predicted octanol–water partition coefficient (Wildman–Crippen LogP) is 8.10. The summed E-state index contributed by atoms with van der Waals surface area (Å²) in [5.41, 5.74) is 13.2. The van der Waals surface area contributed by atoms with E-state index in [1.165, 1.54) is 22.3 Å². The van der Waals surface area contributed by atoms with Crippen LogP contribution in [0.2, 0.25) is 0 Å². The fourth-order valence-electron chi connectivity index (χ4n) is 6.64. The molecular weight excluding hydrogens is 480 g/mol. The van der Waals surface area contributed by atoms with Gasteiger partial charge in [0.25, 0.3) is 0 Å². The fourth-order valence-corrected chi connectivity index (χ4v) is 6.64. The molecule has 3 aliphatic rings. The van der Waals surface area contributed by atoms with E-state index < -0.39 is 0 Å². The molecule has 2 heterocycles. The van der Waals surface area contributed by atoms with Crippen LogP contribution in [0.4, 0.5) is 0 Å². The van der Waals surface area contributed by atoms with Gasteiger partial charge in [-0.2, -0.15) is 0 Å². The molecule has 7 rings (SSSR count). The molecule has 0 saturated heterocycles. The molecule has 3 aromatic carbocycles. The van der Waals surface area contributed by atoms with Gasteiger partial charge < -0.3 is 15.2 Å². The fraction of sp³-hybridized carbons (Fsp3) is 0.229. The third-order valence-corrected chi connectivity index (χ3v) is 8.47. The first-order valence-electron chi connectivity index (χ1n) is 14.1. The van der Waals surface area contributed by atoms with Crippen LogP contribution in [-0.2, 0) is 12.8 Å². The quantitative estimate of drug-likeness (QED) is 0.259. The maximum absolute atomic E-state index is 10.8. The molecule has 0 saturated carbocycles. The zero-order valence-electron chi connectivity index (χ0n) is 22.0. The van der Waals surface area contributed by atoms with Crippen LogP contribution in [-0.4, -0.2) is 20.9 Å². The lowest BCUT2D eigenvalue weighted by Gasteiger charge is -2.19. The van der Waals surface area contributed by atoms with E-state index in [9.17, 15) is 10.2 Å². The van der Waals surface area contributed by atoms with Gasteiger partial charge in [-0.1, -0.05) is 54.6 Å². The molecule has 4 nitrogen and oxygen atoms in total. The van der Waals surface area contributed by atoms with Gasteiger partial charge in [0.1, 0.15) is 11.5 Å². The Morgan fingerprint density at radius 2 is 1.21 bits per heavy atom. The number of aromatic nitrogens is 1. The summed E-state index contributed by atoms with van der Waals surface area (Å²) in [4.78, 5) is 9.19. The van der Waals surface area contributed by atoms with E-state index in [4.69, 9.17) is 4.99 Å². The van der Waals surface area contributed by atoms with E-state index in [1.54, 1.807) is 12.1 Å². The highest BCUT2D eigenvalue weighted by Gasteiger charge is 2.33. The maximum Gasteiger partial charge on any atom is 0.124 e. The number of allylic oxidation sites excluding steroid dienone is 2. The second-order valence-electron chi connectivity index (χ2n) is 10.8. The second kappa shape index (κ2) is 9.77. The van der Waals surface area contributed by atoms with Crippen molar-refractivity contribution in [1.29, 1.82) is 0 Å². The third-order valence-electron chi connectivity index (χ3n) is 8.47. The van der Waals surface area contributed by atoms with Gasteiger partial charge in [0.05, 0.1) is 22.8 Å². The molecule has 1 aliphatic heterocycles. The normalized spacial score (nSPS) is 18.0. The molecule has 3 N–H and O–H groups in total. The summed E-state index contributed by atoms with van der Waals surface area (Å²) in [7, 11) is 0. The van der Waals surface area contributed by atoms with Gasteiger partial charge in [-0.05, 0) is 103 Å². The molecule has 194 valence electrons. The van der Waals surface area contributed by atoms with Crippen LogP contribution < -0.4 is 0 Å². The van der Waals surface area contributed by atoms with E-state index >= 15 is 0 Å². The SMILES string of the molecule is Oc1ccccc1C1=N/C(=C(/c2ccccc2)c2[nH]c(-c3ccccc3O)c3c2CCCC3)C2=C1CCCC2. The first kappa shape index (κ1) is 23.8. The minimum Gasteiger partial charge on any atom is -0.507 e. The summed E-state index contributed by atoms with van der Waals surface area (Å²) in [5, 5.41) is 21.6. The highest BCUT2D eigenvalue weighted by atomic mass is 16.3. The van der Waals surface area contributed by atoms with E-state index in [1.807, 2.05) is 36.4 Å². The molecule has 0 unspecified atom stereocenters. The van der Waals surface area contributed by atoms with Crippen molar-refractivity contribution in [1.82, 2.24) is 4.98 Å². The van der Waals surface area contributed by atoms with Crippen LogP contribution in [0.5, 0.6) is 11.5 Å². The van der Waals surface area contributed by atoms with Gasteiger partial charge >= 0.3 is 0 Å². The van der Waals surface area contributed by atoms with Gasteiger partial charge in [-0.25, -0.2) is 4.99 Å². The van der Waals surface area contributed by atoms with Gasteiger partial charge in [-0.3, -0.25) is 0 Å². The Bertz CT molecular complexity index is 1670. The molecule has 0 atom stereocenters. The average molecular weight is 513 g/mol.